The van der Waals surface area contributed by atoms with Gasteiger partial charge in [-0.05, 0) is 52.3 Å². The maximum atomic E-state index is 12.1. The van der Waals surface area contributed by atoms with Crippen LogP contribution in [0.2, 0.25) is 0 Å². The molecule has 174 valence electrons. The minimum atomic E-state index is 0.195. The molecule has 0 spiro atoms. The first-order valence-electron chi connectivity index (χ1n) is 12.0. The van der Waals surface area contributed by atoms with Crippen molar-refractivity contribution in [3.63, 3.8) is 0 Å². The Morgan fingerprint density at radius 1 is 1.00 bits per heavy atom. The van der Waals surface area contributed by atoms with E-state index in [4.69, 9.17) is 0 Å². The van der Waals surface area contributed by atoms with Gasteiger partial charge in [0.2, 0.25) is 5.91 Å². The minimum Gasteiger partial charge on any atom is -0.369 e. The van der Waals surface area contributed by atoms with E-state index in [1.165, 1.54) is 5.69 Å². The third kappa shape index (κ3) is 9.17. The van der Waals surface area contributed by atoms with Gasteiger partial charge in [-0.15, -0.1) is 0 Å². The van der Waals surface area contributed by atoms with Crippen LogP contribution in [0.25, 0.3) is 0 Å². The zero-order valence-electron chi connectivity index (χ0n) is 19.8. The van der Waals surface area contributed by atoms with E-state index in [0.29, 0.717) is 13.0 Å². The van der Waals surface area contributed by atoms with Gasteiger partial charge in [-0.1, -0.05) is 18.2 Å². The first-order valence-corrected chi connectivity index (χ1v) is 12.0. The molecule has 1 fully saturated rings. The molecule has 2 rings (SSSR count). The van der Waals surface area contributed by atoms with E-state index in [9.17, 15) is 4.79 Å². The molecule has 1 aromatic rings. The average Bonchev–Trinajstić information content (AvgIpc) is 2.80. The van der Waals surface area contributed by atoms with Gasteiger partial charge in [0.1, 0.15) is 0 Å². The van der Waals surface area contributed by atoms with Crippen LogP contribution in [0.1, 0.15) is 40.0 Å². The molecular formula is C24H42N6O. The van der Waals surface area contributed by atoms with Crippen molar-refractivity contribution in [3.05, 3.63) is 30.3 Å². The summed E-state index contributed by atoms with van der Waals surface area (Å²) >= 11 is 0. The molecule has 1 aromatic carbocycles. The van der Waals surface area contributed by atoms with Gasteiger partial charge in [-0.25, -0.2) is 0 Å². The molecule has 1 heterocycles. The summed E-state index contributed by atoms with van der Waals surface area (Å²) in [5.41, 5.74) is 1.33. The van der Waals surface area contributed by atoms with Crippen LogP contribution in [0.15, 0.2) is 35.3 Å². The number of carbonyl (C=O) groups is 1. The quantitative estimate of drug-likeness (QED) is 0.303. The Bertz CT molecular complexity index is 639. The second-order valence-corrected chi connectivity index (χ2v) is 7.87. The molecule has 0 saturated carbocycles. The van der Waals surface area contributed by atoms with E-state index in [1.807, 2.05) is 18.7 Å². The maximum absolute atomic E-state index is 12.1. The average molecular weight is 431 g/mol. The van der Waals surface area contributed by atoms with Crippen LogP contribution in [-0.2, 0) is 4.79 Å². The molecule has 0 bridgehead atoms. The van der Waals surface area contributed by atoms with Crippen molar-refractivity contribution in [2.45, 2.75) is 40.0 Å². The summed E-state index contributed by atoms with van der Waals surface area (Å²) in [6.45, 7) is 15.5. The van der Waals surface area contributed by atoms with Gasteiger partial charge in [0.25, 0.3) is 0 Å². The number of aliphatic imine (C=N–C) groups is 1. The molecule has 0 aliphatic carbocycles. The van der Waals surface area contributed by atoms with Crippen molar-refractivity contribution in [1.82, 2.24) is 20.4 Å². The topological polar surface area (TPSA) is 63.2 Å². The van der Waals surface area contributed by atoms with Gasteiger partial charge in [-0.3, -0.25) is 14.7 Å². The van der Waals surface area contributed by atoms with E-state index in [0.717, 1.165) is 77.7 Å². The SMILES string of the molecule is CCNC(=NCCCCN1CCN(c2ccccc2)CC1)NCCC(=O)N(CC)CC. The summed E-state index contributed by atoms with van der Waals surface area (Å²) in [5.74, 6) is 1.01. The molecule has 1 aliphatic heterocycles. The normalized spacial score (nSPS) is 15.1. The van der Waals surface area contributed by atoms with Crippen molar-refractivity contribution < 1.29 is 4.79 Å². The van der Waals surface area contributed by atoms with Crippen LogP contribution in [0.4, 0.5) is 5.69 Å². The summed E-state index contributed by atoms with van der Waals surface area (Å²) in [5, 5.41) is 6.56. The van der Waals surface area contributed by atoms with Crippen LogP contribution in [0.5, 0.6) is 0 Å². The summed E-state index contributed by atoms with van der Waals surface area (Å²) in [6.07, 6.45) is 2.74. The van der Waals surface area contributed by atoms with E-state index in [-0.39, 0.29) is 5.91 Å². The number of carbonyl (C=O) groups excluding carboxylic acids is 1. The summed E-state index contributed by atoms with van der Waals surface area (Å²) in [4.78, 5) is 23.7. The Balaban J connectivity index is 1.61. The maximum Gasteiger partial charge on any atom is 0.224 e. The fourth-order valence-corrected chi connectivity index (χ4v) is 3.87. The molecular weight excluding hydrogens is 388 g/mol. The van der Waals surface area contributed by atoms with Crippen molar-refractivity contribution >= 4 is 17.6 Å². The Kier molecular flexibility index (Phi) is 11.8. The Morgan fingerprint density at radius 3 is 2.35 bits per heavy atom. The minimum absolute atomic E-state index is 0.195. The number of hydrogen-bond acceptors (Lipinski definition) is 4. The molecule has 2 N–H and O–H groups in total. The lowest BCUT2D eigenvalue weighted by atomic mass is 10.2. The molecule has 31 heavy (non-hydrogen) atoms. The Morgan fingerprint density at radius 2 is 1.71 bits per heavy atom. The first kappa shape index (κ1) is 25.0. The van der Waals surface area contributed by atoms with Crippen LogP contribution >= 0.6 is 0 Å². The molecule has 1 amide bonds. The molecule has 7 nitrogen and oxygen atoms in total. The van der Waals surface area contributed by atoms with Crippen molar-refractivity contribution in [1.29, 1.82) is 0 Å². The smallest absolute Gasteiger partial charge is 0.224 e. The highest BCUT2D eigenvalue weighted by molar-refractivity contribution is 5.81. The predicted octanol–water partition coefficient (Wildman–Crippen LogP) is 2.40. The van der Waals surface area contributed by atoms with Gasteiger partial charge in [-0.2, -0.15) is 0 Å². The molecule has 0 atom stereocenters. The van der Waals surface area contributed by atoms with Gasteiger partial charge in [0.15, 0.2) is 5.96 Å². The second-order valence-electron chi connectivity index (χ2n) is 7.87. The Labute approximate surface area is 188 Å². The van der Waals surface area contributed by atoms with Gasteiger partial charge < -0.3 is 20.4 Å². The fraction of sp³-hybridized carbons (Fsp3) is 0.667. The lowest BCUT2D eigenvalue weighted by Crippen LogP contribution is -2.46. The van der Waals surface area contributed by atoms with Crippen molar-refractivity contribution in [2.75, 3.05) is 70.3 Å². The van der Waals surface area contributed by atoms with Gasteiger partial charge >= 0.3 is 0 Å². The summed E-state index contributed by atoms with van der Waals surface area (Å²) < 4.78 is 0. The summed E-state index contributed by atoms with van der Waals surface area (Å²) in [6, 6.07) is 10.7. The number of benzene rings is 1. The predicted molar refractivity (Wildman–Crippen MR) is 131 cm³/mol. The van der Waals surface area contributed by atoms with Gasteiger partial charge in [0.05, 0.1) is 0 Å². The number of hydrogen-bond donors (Lipinski definition) is 2. The Hall–Kier alpha value is -2.28. The molecule has 0 unspecified atom stereocenters. The van der Waals surface area contributed by atoms with Crippen LogP contribution in [0.3, 0.4) is 0 Å². The second kappa shape index (κ2) is 14.7. The third-order valence-electron chi connectivity index (χ3n) is 5.74. The summed E-state index contributed by atoms with van der Waals surface area (Å²) in [7, 11) is 0. The third-order valence-corrected chi connectivity index (χ3v) is 5.74. The lowest BCUT2D eigenvalue weighted by Gasteiger charge is -2.36. The van der Waals surface area contributed by atoms with Gasteiger partial charge in [0, 0.05) is 71.0 Å². The van der Waals surface area contributed by atoms with Crippen LogP contribution in [-0.4, -0.2) is 87.1 Å². The number of nitrogens with one attached hydrogen (secondary N) is 2. The molecule has 7 heteroatoms. The van der Waals surface area contributed by atoms with E-state index < -0.39 is 0 Å². The molecule has 1 saturated heterocycles. The number of para-hydroxylation sites is 1. The number of unbranched alkanes of at least 4 members (excludes halogenated alkanes) is 1. The fourth-order valence-electron chi connectivity index (χ4n) is 3.87. The van der Waals surface area contributed by atoms with Crippen LogP contribution < -0.4 is 15.5 Å². The monoisotopic (exact) mass is 430 g/mol. The number of amides is 1. The number of nitrogens with zero attached hydrogens (tertiary/aromatic N) is 4. The number of piperazine rings is 1. The number of guanidine groups is 1. The number of rotatable bonds is 12. The highest BCUT2D eigenvalue weighted by Crippen LogP contribution is 2.15. The van der Waals surface area contributed by atoms with Crippen molar-refractivity contribution in [2.24, 2.45) is 4.99 Å². The molecule has 0 radical (unpaired) electrons. The highest BCUT2D eigenvalue weighted by atomic mass is 16.2. The van der Waals surface area contributed by atoms with E-state index in [1.54, 1.807) is 0 Å². The molecule has 1 aliphatic rings. The zero-order valence-corrected chi connectivity index (χ0v) is 19.8. The zero-order chi connectivity index (χ0) is 22.3. The van der Waals surface area contributed by atoms with Crippen LogP contribution in [0, 0.1) is 0 Å². The van der Waals surface area contributed by atoms with Crippen molar-refractivity contribution in [3.8, 4) is 0 Å². The number of anilines is 1. The largest absolute Gasteiger partial charge is 0.369 e. The van der Waals surface area contributed by atoms with E-state index in [2.05, 4.69) is 62.7 Å². The molecule has 0 aromatic heterocycles. The lowest BCUT2D eigenvalue weighted by molar-refractivity contribution is -0.130. The standard InChI is InChI=1S/C24H42N6O/c1-4-25-24(27-16-14-23(31)29(5-2)6-3)26-15-10-11-17-28-18-20-30(21-19-28)22-12-8-7-9-13-22/h7-9,12-13H,4-6,10-11,14-21H2,1-3H3,(H2,25,26,27). The first-order chi connectivity index (χ1) is 15.2. The highest BCUT2D eigenvalue weighted by Gasteiger charge is 2.16. The van der Waals surface area contributed by atoms with E-state index >= 15 is 0 Å².